The minimum absolute atomic E-state index is 0.0711. The molecular weight excluding hydrogens is 302 g/mol. The monoisotopic (exact) mass is 321 g/mol. The predicted octanol–water partition coefficient (Wildman–Crippen LogP) is 2.37. The van der Waals surface area contributed by atoms with Gasteiger partial charge in [-0.25, -0.2) is 8.42 Å². The van der Waals surface area contributed by atoms with Gasteiger partial charge in [-0.3, -0.25) is 0 Å². The van der Waals surface area contributed by atoms with E-state index >= 15 is 0 Å². The predicted molar refractivity (Wildman–Crippen MR) is 76.3 cm³/mol. The lowest BCUT2D eigenvalue weighted by Crippen LogP contribution is -2.46. The molecule has 0 spiro atoms. The van der Waals surface area contributed by atoms with Crippen molar-refractivity contribution >= 4 is 21.6 Å². The first-order valence-electron chi connectivity index (χ1n) is 6.58. The third-order valence-corrected chi connectivity index (χ3v) is 6.06. The van der Waals surface area contributed by atoms with Gasteiger partial charge in [-0.05, 0) is 19.3 Å². The van der Waals surface area contributed by atoms with E-state index in [-0.39, 0.29) is 16.9 Å². The fourth-order valence-corrected chi connectivity index (χ4v) is 4.30. The third kappa shape index (κ3) is 2.88. The van der Waals surface area contributed by atoms with E-state index in [0.717, 1.165) is 6.42 Å². The Morgan fingerprint density at radius 2 is 2.25 bits per heavy atom. The fraction of sp³-hybridized carbons (Fsp3) is 0.692. The average molecular weight is 322 g/mol. The van der Waals surface area contributed by atoms with Gasteiger partial charge in [-0.15, -0.1) is 11.6 Å². The average Bonchev–Trinajstić information content (AvgIpc) is 2.81. The lowest BCUT2D eigenvalue weighted by molar-refractivity contribution is 0.0183. The molecule has 1 aromatic heterocycles. The molecule has 1 fully saturated rings. The summed E-state index contributed by atoms with van der Waals surface area (Å²) in [7, 11) is -1.93. The zero-order valence-corrected chi connectivity index (χ0v) is 13.5. The maximum Gasteiger partial charge on any atom is 0.246 e. The Hall–Kier alpha value is -0.560. The number of ether oxygens (including phenoxy) is 1. The van der Waals surface area contributed by atoms with E-state index in [2.05, 4.69) is 6.92 Å². The summed E-state index contributed by atoms with van der Waals surface area (Å²) in [5.41, 5.74) is 0. The van der Waals surface area contributed by atoms with E-state index in [1.54, 1.807) is 14.0 Å². The molecule has 1 aliphatic heterocycles. The van der Waals surface area contributed by atoms with E-state index in [0.29, 0.717) is 30.5 Å². The second-order valence-corrected chi connectivity index (χ2v) is 7.34. The third-order valence-electron chi connectivity index (χ3n) is 3.83. The Morgan fingerprint density at radius 3 is 2.80 bits per heavy atom. The largest absolute Gasteiger partial charge is 0.464 e. The van der Waals surface area contributed by atoms with Crippen molar-refractivity contribution in [2.45, 2.75) is 37.1 Å². The van der Waals surface area contributed by atoms with Gasteiger partial charge in [0.05, 0.1) is 12.0 Å². The molecule has 0 radical (unpaired) electrons. The maximum absolute atomic E-state index is 12.7. The molecule has 5 nitrogen and oxygen atoms in total. The number of hydrogen-bond donors (Lipinski definition) is 0. The van der Waals surface area contributed by atoms with Crippen LogP contribution in [-0.4, -0.2) is 39.0 Å². The van der Waals surface area contributed by atoms with Crippen LogP contribution >= 0.6 is 11.6 Å². The van der Waals surface area contributed by atoms with Gasteiger partial charge in [-0.1, -0.05) is 6.92 Å². The highest BCUT2D eigenvalue weighted by molar-refractivity contribution is 7.89. The van der Waals surface area contributed by atoms with Crippen molar-refractivity contribution in [1.82, 2.24) is 4.31 Å². The van der Waals surface area contributed by atoms with E-state index in [9.17, 15) is 8.42 Å². The molecule has 0 N–H and O–H groups in total. The zero-order chi connectivity index (χ0) is 14.9. The number of rotatable bonds is 4. The molecule has 7 heteroatoms. The minimum Gasteiger partial charge on any atom is -0.464 e. The molecule has 0 amide bonds. The number of sulfonamides is 1. The summed E-state index contributed by atoms with van der Waals surface area (Å²) in [4.78, 5) is 0.206. The van der Waals surface area contributed by atoms with Crippen molar-refractivity contribution in [3.63, 3.8) is 0 Å². The molecule has 0 bridgehead atoms. The summed E-state index contributed by atoms with van der Waals surface area (Å²) >= 11 is 5.69. The molecule has 20 heavy (non-hydrogen) atoms. The van der Waals surface area contributed by atoms with Gasteiger partial charge in [0.2, 0.25) is 10.0 Å². The molecule has 0 aromatic carbocycles. The van der Waals surface area contributed by atoms with Crippen molar-refractivity contribution in [2.75, 3.05) is 20.2 Å². The summed E-state index contributed by atoms with van der Waals surface area (Å²) in [6.07, 6.45) is 0.718. The van der Waals surface area contributed by atoms with Crippen molar-refractivity contribution in [1.29, 1.82) is 0 Å². The highest BCUT2D eigenvalue weighted by Gasteiger charge is 2.35. The second kappa shape index (κ2) is 6.05. The molecule has 2 unspecified atom stereocenters. The molecule has 2 rings (SSSR count). The molecule has 0 saturated carbocycles. The highest BCUT2D eigenvalue weighted by atomic mass is 35.5. The van der Waals surface area contributed by atoms with Crippen LogP contribution in [0.2, 0.25) is 0 Å². The quantitative estimate of drug-likeness (QED) is 0.799. The first-order valence-corrected chi connectivity index (χ1v) is 8.55. The van der Waals surface area contributed by atoms with Crippen LogP contribution in [0.25, 0.3) is 0 Å². The Morgan fingerprint density at radius 1 is 1.55 bits per heavy atom. The molecule has 1 aromatic rings. The van der Waals surface area contributed by atoms with E-state index in [1.807, 2.05) is 0 Å². The minimum atomic E-state index is -3.55. The second-order valence-electron chi connectivity index (χ2n) is 5.17. The Bertz CT molecular complexity index is 569. The summed E-state index contributed by atoms with van der Waals surface area (Å²) in [6.45, 7) is 4.60. The van der Waals surface area contributed by atoms with Crippen molar-refractivity contribution < 1.29 is 17.6 Å². The van der Waals surface area contributed by atoms with Crippen LogP contribution in [-0.2, 0) is 20.6 Å². The van der Waals surface area contributed by atoms with Crippen LogP contribution in [0.5, 0.6) is 0 Å². The van der Waals surface area contributed by atoms with Crippen LogP contribution in [0.3, 0.4) is 0 Å². The lowest BCUT2D eigenvalue weighted by atomic mass is 9.97. The summed E-state index contributed by atoms with van der Waals surface area (Å²) in [5.74, 6) is 1.37. The SMILES string of the molecule is COC1CN(S(=O)(=O)c2cc(CCl)oc2C)CCC1C. The maximum atomic E-state index is 12.7. The highest BCUT2D eigenvalue weighted by Crippen LogP contribution is 2.28. The van der Waals surface area contributed by atoms with Gasteiger partial charge < -0.3 is 9.15 Å². The van der Waals surface area contributed by atoms with E-state index < -0.39 is 10.0 Å². The standard InChI is InChI=1S/C13H20ClNO4S/c1-9-4-5-15(8-12(9)18-3)20(16,17)13-6-11(7-14)19-10(13)2/h6,9,12H,4-5,7-8H2,1-3H3. The van der Waals surface area contributed by atoms with Crippen molar-refractivity contribution in [3.8, 4) is 0 Å². The molecule has 114 valence electrons. The number of alkyl halides is 1. The van der Waals surface area contributed by atoms with Gasteiger partial charge in [0.15, 0.2) is 0 Å². The molecule has 2 heterocycles. The summed E-state index contributed by atoms with van der Waals surface area (Å²) in [6, 6.07) is 1.51. The Kier molecular flexibility index (Phi) is 4.79. The van der Waals surface area contributed by atoms with Crippen LogP contribution in [0.15, 0.2) is 15.4 Å². The van der Waals surface area contributed by atoms with E-state index in [1.165, 1.54) is 10.4 Å². The summed E-state index contributed by atoms with van der Waals surface area (Å²) in [5, 5.41) is 0. The van der Waals surface area contributed by atoms with Crippen molar-refractivity contribution in [3.05, 3.63) is 17.6 Å². The first-order chi connectivity index (χ1) is 9.40. The number of furan rings is 1. The number of halogens is 1. The zero-order valence-electron chi connectivity index (χ0n) is 11.9. The van der Waals surface area contributed by atoms with Crippen LogP contribution < -0.4 is 0 Å². The Labute approximate surface area is 124 Å². The number of hydrogen-bond acceptors (Lipinski definition) is 4. The topological polar surface area (TPSA) is 59.8 Å². The molecule has 1 aliphatic rings. The number of nitrogens with zero attached hydrogens (tertiary/aromatic N) is 1. The Balaban J connectivity index is 2.28. The van der Waals surface area contributed by atoms with Crippen LogP contribution in [0, 0.1) is 12.8 Å². The van der Waals surface area contributed by atoms with Gasteiger partial charge in [-0.2, -0.15) is 4.31 Å². The fourth-order valence-electron chi connectivity index (χ4n) is 2.52. The number of methoxy groups -OCH3 is 1. The van der Waals surface area contributed by atoms with E-state index in [4.69, 9.17) is 20.8 Å². The van der Waals surface area contributed by atoms with Gasteiger partial charge >= 0.3 is 0 Å². The van der Waals surface area contributed by atoms with Gasteiger partial charge in [0.25, 0.3) is 0 Å². The normalized spacial score (nSPS) is 25.0. The van der Waals surface area contributed by atoms with Crippen LogP contribution in [0.1, 0.15) is 24.9 Å². The molecule has 2 atom stereocenters. The molecule has 1 saturated heterocycles. The number of aryl methyl sites for hydroxylation is 1. The number of piperidine rings is 1. The lowest BCUT2D eigenvalue weighted by Gasteiger charge is -2.35. The molecule has 0 aliphatic carbocycles. The van der Waals surface area contributed by atoms with Crippen molar-refractivity contribution in [2.24, 2.45) is 5.92 Å². The molecular formula is C13H20ClNO4S. The van der Waals surface area contributed by atoms with Crippen LogP contribution in [0.4, 0.5) is 0 Å². The summed E-state index contributed by atoms with van der Waals surface area (Å²) < 4.78 is 37.5. The first kappa shape index (κ1) is 15.8. The smallest absolute Gasteiger partial charge is 0.246 e. The van der Waals surface area contributed by atoms with Gasteiger partial charge in [0, 0.05) is 26.3 Å². The van der Waals surface area contributed by atoms with Gasteiger partial charge in [0.1, 0.15) is 16.4 Å².